The smallest absolute Gasteiger partial charge is 0.309 e. The standard InChI is InChI=1S/C27H52O4/c1-5-24(25(6-2)27(29)31-8-4)22-20-18-16-14-12-10-9-11-13-15-17-19-21-23-26(28)30-7-3/h24-25H,5-23H2,1-4H3. The monoisotopic (exact) mass is 440 g/mol. The largest absolute Gasteiger partial charge is 0.466 e. The fraction of sp³-hybridized carbons (Fsp3) is 0.926. The van der Waals surface area contributed by atoms with Gasteiger partial charge in [-0.25, -0.2) is 0 Å². The van der Waals surface area contributed by atoms with Crippen molar-refractivity contribution < 1.29 is 19.1 Å². The van der Waals surface area contributed by atoms with Gasteiger partial charge in [0.05, 0.1) is 19.1 Å². The minimum Gasteiger partial charge on any atom is -0.466 e. The molecule has 31 heavy (non-hydrogen) atoms. The Morgan fingerprint density at radius 3 is 1.45 bits per heavy atom. The molecular weight excluding hydrogens is 388 g/mol. The van der Waals surface area contributed by atoms with Crippen LogP contribution in [-0.4, -0.2) is 25.2 Å². The minimum absolute atomic E-state index is 0.00789. The van der Waals surface area contributed by atoms with Crippen LogP contribution in [0.25, 0.3) is 0 Å². The van der Waals surface area contributed by atoms with E-state index < -0.39 is 0 Å². The van der Waals surface area contributed by atoms with Crippen LogP contribution in [0, 0.1) is 11.8 Å². The summed E-state index contributed by atoms with van der Waals surface area (Å²) in [5.74, 6) is 0.528. The molecule has 4 nitrogen and oxygen atoms in total. The van der Waals surface area contributed by atoms with Crippen molar-refractivity contribution in [3.8, 4) is 0 Å². The number of carbonyl (C=O) groups is 2. The molecule has 0 saturated carbocycles. The normalized spacial score (nSPS) is 13.0. The van der Waals surface area contributed by atoms with Gasteiger partial charge in [-0.1, -0.05) is 97.3 Å². The molecule has 0 aromatic heterocycles. The number of unbranched alkanes of at least 4 members (excludes halogenated alkanes) is 12. The van der Waals surface area contributed by atoms with Crippen LogP contribution in [0.1, 0.15) is 137 Å². The molecule has 0 spiro atoms. The average Bonchev–Trinajstić information content (AvgIpc) is 2.75. The molecule has 0 N–H and O–H groups in total. The summed E-state index contributed by atoms with van der Waals surface area (Å²) >= 11 is 0. The highest BCUT2D eigenvalue weighted by molar-refractivity contribution is 5.72. The molecule has 0 rings (SSSR count). The van der Waals surface area contributed by atoms with Gasteiger partial charge in [0, 0.05) is 6.42 Å². The van der Waals surface area contributed by atoms with Gasteiger partial charge in [0.2, 0.25) is 0 Å². The lowest BCUT2D eigenvalue weighted by atomic mass is 9.84. The topological polar surface area (TPSA) is 52.6 Å². The van der Waals surface area contributed by atoms with Crippen molar-refractivity contribution in [2.24, 2.45) is 11.8 Å². The Morgan fingerprint density at radius 1 is 0.581 bits per heavy atom. The first-order valence-electron chi connectivity index (χ1n) is 13.4. The van der Waals surface area contributed by atoms with Gasteiger partial charge in [0.1, 0.15) is 0 Å². The van der Waals surface area contributed by atoms with Crippen molar-refractivity contribution in [1.82, 2.24) is 0 Å². The molecule has 0 saturated heterocycles. The van der Waals surface area contributed by atoms with Gasteiger partial charge in [0.25, 0.3) is 0 Å². The Hall–Kier alpha value is -1.06. The van der Waals surface area contributed by atoms with Crippen LogP contribution in [0.15, 0.2) is 0 Å². The summed E-state index contributed by atoms with van der Waals surface area (Å²) in [7, 11) is 0. The summed E-state index contributed by atoms with van der Waals surface area (Å²) in [6, 6.07) is 0. The molecule has 0 bridgehead atoms. The average molecular weight is 441 g/mol. The molecule has 184 valence electrons. The molecule has 0 amide bonds. The summed E-state index contributed by atoms with van der Waals surface area (Å²) in [6.45, 7) is 9.05. The van der Waals surface area contributed by atoms with Crippen LogP contribution in [0.4, 0.5) is 0 Å². The van der Waals surface area contributed by atoms with Crippen molar-refractivity contribution >= 4 is 11.9 Å². The summed E-state index contributed by atoms with van der Waals surface area (Å²) in [5, 5.41) is 0. The second kappa shape index (κ2) is 22.1. The van der Waals surface area contributed by atoms with E-state index in [9.17, 15) is 9.59 Å². The molecule has 4 heteroatoms. The van der Waals surface area contributed by atoms with Gasteiger partial charge in [-0.05, 0) is 39.0 Å². The fourth-order valence-electron chi connectivity index (χ4n) is 4.49. The predicted molar refractivity (Wildman–Crippen MR) is 130 cm³/mol. The fourth-order valence-corrected chi connectivity index (χ4v) is 4.49. The van der Waals surface area contributed by atoms with Crippen molar-refractivity contribution in [3.05, 3.63) is 0 Å². The third-order valence-corrected chi connectivity index (χ3v) is 6.38. The summed E-state index contributed by atoms with van der Waals surface area (Å²) in [5.41, 5.74) is 0. The third kappa shape index (κ3) is 17.2. The van der Waals surface area contributed by atoms with Crippen LogP contribution in [0.3, 0.4) is 0 Å². The molecular formula is C27H52O4. The highest BCUT2D eigenvalue weighted by atomic mass is 16.5. The van der Waals surface area contributed by atoms with Crippen molar-refractivity contribution in [3.63, 3.8) is 0 Å². The highest BCUT2D eigenvalue weighted by Crippen LogP contribution is 2.27. The number of ether oxygens (including phenoxy) is 2. The highest BCUT2D eigenvalue weighted by Gasteiger charge is 2.26. The molecule has 2 unspecified atom stereocenters. The molecule has 0 fully saturated rings. The lowest BCUT2D eigenvalue weighted by Gasteiger charge is -2.23. The van der Waals surface area contributed by atoms with Gasteiger partial charge < -0.3 is 9.47 Å². The van der Waals surface area contributed by atoms with Crippen LogP contribution in [0.5, 0.6) is 0 Å². The van der Waals surface area contributed by atoms with Crippen LogP contribution in [0.2, 0.25) is 0 Å². The molecule has 0 aromatic carbocycles. The van der Waals surface area contributed by atoms with Crippen molar-refractivity contribution in [2.75, 3.05) is 13.2 Å². The van der Waals surface area contributed by atoms with E-state index in [1.807, 2.05) is 13.8 Å². The van der Waals surface area contributed by atoms with E-state index >= 15 is 0 Å². The first-order chi connectivity index (χ1) is 15.1. The van der Waals surface area contributed by atoms with Gasteiger partial charge >= 0.3 is 11.9 Å². The van der Waals surface area contributed by atoms with Gasteiger partial charge in [-0.3, -0.25) is 9.59 Å². The zero-order chi connectivity index (χ0) is 23.2. The molecule has 0 aliphatic carbocycles. The summed E-state index contributed by atoms with van der Waals surface area (Å²) in [6.07, 6.45) is 20.3. The van der Waals surface area contributed by atoms with E-state index in [2.05, 4.69) is 13.8 Å². The molecule has 0 aromatic rings. The Bertz CT molecular complexity index is 421. The Labute approximate surface area is 193 Å². The van der Waals surface area contributed by atoms with Gasteiger partial charge in [-0.2, -0.15) is 0 Å². The molecule has 0 heterocycles. The van der Waals surface area contributed by atoms with Gasteiger partial charge in [-0.15, -0.1) is 0 Å². The maximum Gasteiger partial charge on any atom is 0.309 e. The molecule has 0 radical (unpaired) electrons. The lowest BCUT2D eigenvalue weighted by Crippen LogP contribution is -2.25. The van der Waals surface area contributed by atoms with Crippen LogP contribution < -0.4 is 0 Å². The summed E-state index contributed by atoms with van der Waals surface area (Å²) < 4.78 is 10.2. The SMILES string of the molecule is CCOC(=O)CCCCCCCCCCCCCCCC(CC)C(CC)C(=O)OCC. The second-order valence-electron chi connectivity index (χ2n) is 8.88. The van der Waals surface area contributed by atoms with E-state index in [4.69, 9.17) is 9.47 Å². The van der Waals surface area contributed by atoms with Crippen molar-refractivity contribution in [2.45, 2.75) is 137 Å². The van der Waals surface area contributed by atoms with E-state index in [1.54, 1.807) is 0 Å². The first-order valence-corrected chi connectivity index (χ1v) is 13.4. The lowest BCUT2D eigenvalue weighted by molar-refractivity contribution is -0.150. The van der Waals surface area contributed by atoms with E-state index in [1.165, 1.54) is 70.6 Å². The maximum atomic E-state index is 12.1. The van der Waals surface area contributed by atoms with E-state index in [-0.39, 0.29) is 17.9 Å². The van der Waals surface area contributed by atoms with Gasteiger partial charge in [0.15, 0.2) is 0 Å². The quantitative estimate of drug-likeness (QED) is 0.126. The Kier molecular flexibility index (Phi) is 21.4. The van der Waals surface area contributed by atoms with Crippen LogP contribution in [-0.2, 0) is 19.1 Å². The van der Waals surface area contributed by atoms with E-state index in [0.717, 1.165) is 32.1 Å². The predicted octanol–water partition coefficient (Wildman–Crippen LogP) is 8.02. The Morgan fingerprint density at radius 2 is 1.03 bits per heavy atom. The van der Waals surface area contributed by atoms with Crippen molar-refractivity contribution in [1.29, 1.82) is 0 Å². The Balaban J connectivity index is 3.49. The second-order valence-corrected chi connectivity index (χ2v) is 8.88. The molecule has 0 aliphatic rings. The number of carbonyl (C=O) groups excluding carboxylic acids is 2. The zero-order valence-corrected chi connectivity index (χ0v) is 21.2. The van der Waals surface area contributed by atoms with E-state index in [0.29, 0.717) is 25.6 Å². The molecule has 0 aliphatic heterocycles. The third-order valence-electron chi connectivity index (χ3n) is 6.38. The number of esters is 2. The number of hydrogen-bond donors (Lipinski definition) is 0. The summed E-state index contributed by atoms with van der Waals surface area (Å²) in [4.78, 5) is 23.4. The number of rotatable bonds is 22. The zero-order valence-electron chi connectivity index (χ0n) is 21.2. The van der Waals surface area contributed by atoms with Crippen LogP contribution >= 0.6 is 0 Å². The number of hydrogen-bond acceptors (Lipinski definition) is 4. The maximum absolute atomic E-state index is 12.1. The molecule has 2 atom stereocenters. The minimum atomic E-state index is -0.0467. The first kappa shape index (κ1) is 29.9.